The summed E-state index contributed by atoms with van der Waals surface area (Å²) in [4.78, 5) is 16.6. The summed E-state index contributed by atoms with van der Waals surface area (Å²) in [6.07, 6.45) is 0. The molecule has 0 saturated heterocycles. The number of rotatable bonds is 7. The predicted molar refractivity (Wildman–Crippen MR) is 121 cm³/mol. The first-order valence-electron chi connectivity index (χ1n) is 7.80. The predicted octanol–water partition coefficient (Wildman–Crippen LogP) is 3.51. The molecule has 0 fully saturated rings. The Bertz CT molecular complexity index is 740. The van der Waals surface area contributed by atoms with Crippen LogP contribution in [0.4, 0.5) is 0 Å². The molecule has 0 unspecified atom stereocenters. The van der Waals surface area contributed by atoms with Gasteiger partial charge in [0, 0.05) is 41.4 Å². The third-order valence-electron chi connectivity index (χ3n) is 3.37. The molecule has 8 heteroatoms. The number of nitrogens with zero attached hydrogens (tertiary/aromatic N) is 1. The number of hydrogen-bond donors (Lipinski definition) is 3. The van der Waals surface area contributed by atoms with Crippen molar-refractivity contribution in [1.29, 1.82) is 0 Å². The van der Waals surface area contributed by atoms with Gasteiger partial charge in [0.1, 0.15) is 0 Å². The van der Waals surface area contributed by atoms with E-state index in [1.54, 1.807) is 30.9 Å². The lowest BCUT2D eigenvalue weighted by atomic mass is 10.1. The number of nitrogens with one attached hydrogen (secondary N) is 2. The molecule has 2 aromatic rings. The molecule has 2 aromatic carbocycles. The normalized spacial score (nSPS) is 10.8. The van der Waals surface area contributed by atoms with Crippen molar-refractivity contribution in [3.8, 4) is 0 Å². The number of aliphatic imine (C=N–C) groups is 1. The van der Waals surface area contributed by atoms with E-state index in [0.29, 0.717) is 18.1 Å². The van der Waals surface area contributed by atoms with Gasteiger partial charge in [-0.2, -0.15) is 0 Å². The van der Waals surface area contributed by atoms with Crippen LogP contribution in [0.15, 0.2) is 58.4 Å². The average molecular weight is 505 g/mol. The van der Waals surface area contributed by atoms with Crippen LogP contribution >= 0.6 is 47.3 Å². The molecule has 26 heavy (non-hydrogen) atoms. The van der Waals surface area contributed by atoms with E-state index in [2.05, 4.69) is 15.6 Å². The number of guanidine groups is 1. The highest BCUT2D eigenvalue weighted by atomic mass is 127. The molecule has 0 aliphatic rings. The van der Waals surface area contributed by atoms with Gasteiger partial charge in [0.05, 0.1) is 0 Å². The van der Waals surface area contributed by atoms with Crippen LogP contribution in [0.1, 0.15) is 15.9 Å². The lowest BCUT2D eigenvalue weighted by Crippen LogP contribution is -2.38. The second kappa shape index (κ2) is 12.0. The molecule has 0 spiro atoms. The molecule has 140 valence electrons. The van der Waals surface area contributed by atoms with E-state index in [9.17, 15) is 4.79 Å². The van der Waals surface area contributed by atoms with Gasteiger partial charge in [0.2, 0.25) is 5.91 Å². The largest absolute Gasteiger partial charge is 0.366 e. The fourth-order valence-electron chi connectivity index (χ4n) is 2.11. The number of carbonyl (C=O) groups is 1. The van der Waals surface area contributed by atoms with Gasteiger partial charge in [-0.05, 0) is 42.0 Å². The maximum absolute atomic E-state index is 11.2. The summed E-state index contributed by atoms with van der Waals surface area (Å²) in [5.41, 5.74) is 6.77. The smallest absolute Gasteiger partial charge is 0.248 e. The molecule has 0 aromatic heterocycles. The number of hydrogen-bond acceptors (Lipinski definition) is 3. The number of halogens is 2. The first kappa shape index (κ1) is 22.6. The summed E-state index contributed by atoms with van der Waals surface area (Å²) in [7, 11) is 1.72. The highest BCUT2D eigenvalue weighted by molar-refractivity contribution is 14.0. The molecular formula is C18H22ClIN4OS. The van der Waals surface area contributed by atoms with Crippen LogP contribution in [0.3, 0.4) is 0 Å². The van der Waals surface area contributed by atoms with E-state index in [-0.39, 0.29) is 24.0 Å². The molecule has 0 radical (unpaired) electrons. The van der Waals surface area contributed by atoms with E-state index >= 15 is 0 Å². The van der Waals surface area contributed by atoms with Gasteiger partial charge in [-0.15, -0.1) is 35.7 Å². The molecule has 2 rings (SSSR count). The van der Waals surface area contributed by atoms with Crippen molar-refractivity contribution in [2.24, 2.45) is 10.7 Å². The molecule has 0 saturated carbocycles. The standard InChI is InChI=1S/C18H21ClN4OS.HI/c1-21-18(22-9-10-25-16-7-5-15(19)6-8-16)23-12-13-3-2-4-14(11-13)17(20)24;/h2-8,11H,9-10,12H2,1H3,(H2,20,24)(H2,21,22,23);1H. The summed E-state index contributed by atoms with van der Waals surface area (Å²) in [6.45, 7) is 1.33. The Morgan fingerprint density at radius 1 is 1.19 bits per heavy atom. The van der Waals surface area contributed by atoms with Crippen LogP contribution in [0.25, 0.3) is 0 Å². The Morgan fingerprint density at radius 3 is 2.58 bits per heavy atom. The topological polar surface area (TPSA) is 79.5 Å². The maximum atomic E-state index is 11.2. The van der Waals surface area contributed by atoms with Crippen molar-refractivity contribution in [3.63, 3.8) is 0 Å². The lowest BCUT2D eigenvalue weighted by molar-refractivity contribution is 0.1000. The van der Waals surface area contributed by atoms with Crippen LogP contribution in [0.2, 0.25) is 5.02 Å². The number of benzene rings is 2. The monoisotopic (exact) mass is 504 g/mol. The third-order valence-corrected chi connectivity index (χ3v) is 4.64. The van der Waals surface area contributed by atoms with E-state index in [1.165, 1.54) is 4.90 Å². The van der Waals surface area contributed by atoms with Crippen molar-refractivity contribution in [3.05, 3.63) is 64.7 Å². The second-order valence-electron chi connectivity index (χ2n) is 5.22. The fourth-order valence-corrected chi connectivity index (χ4v) is 3.00. The Hall–Kier alpha value is -1.45. The minimum Gasteiger partial charge on any atom is -0.366 e. The van der Waals surface area contributed by atoms with E-state index in [4.69, 9.17) is 17.3 Å². The summed E-state index contributed by atoms with van der Waals surface area (Å²) in [5.74, 6) is 1.18. The molecule has 0 aliphatic carbocycles. The van der Waals surface area contributed by atoms with Gasteiger partial charge in [-0.3, -0.25) is 9.79 Å². The van der Waals surface area contributed by atoms with Gasteiger partial charge < -0.3 is 16.4 Å². The van der Waals surface area contributed by atoms with E-state index in [1.807, 2.05) is 36.4 Å². The minimum atomic E-state index is -0.427. The number of amides is 1. The quantitative estimate of drug-likeness (QED) is 0.177. The van der Waals surface area contributed by atoms with Gasteiger partial charge in [0.25, 0.3) is 0 Å². The van der Waals surface area contributed by atoms with Crippen molar-refractivity contribution >= 4 is 59.2 Å². The fraction of sp³-hybridized carbons (Fsp3) is 0.222. The first-order valence-corrected chi connectivity index (χ1v) is 9.16. The molecule has 0 bridgehead atoms. The average Bonchev–Trinajstić information content (AvgIpc) is 2.63. The Morgan fingerprint density at radius 2 is 1.92 bits per heavy atom. The molecule has 4 N–H and O–H groups in total. The zero-order valence-corrected chi connectivity index (χ0v) is 18.3. The minimum absolute atomic E-state index is 0. The highest BCUT2D eigenvalue weighted by Crippen LogP contribution is 2.19. The van der Waals surface area contributed by atoms with Crippen LogP contribution < -0.4 is 16.4 Å². The first-order chi connectivity index (χ1) is 12.1. The number of primary amides is 1. The summed E-state index contributed by atoms with van der Waals surface area (Å²) in [5, 5.41) is 7.22. The van der Waals surface area contributed by atoms with Gasteiger partial charge >= 0.3 is 0 Å². The lowest BCUT2D eigenvalue weighted by Gasteiger charge is -2.12. The van der Waals surface area contributed by atoms with Crippen LogP contribution in [0, 0.1) is 0 Å². The second-order valence-corrected chi connectivity index (χ2v) is 6.82. The molecule has 5 nitrogen and oxygen atoms in total. The summed E-state index contributed by atoms with van der Waals surface area (Å²) in [6, 6.07) is 15.0. The summed E-state index contributed by atoms with van der Waals surface area (Å²) >= 11 is 7.62. The van der Waals surface area contributed by atoms with Crippen molar-refractivity contribution in [2.45, 2.75) is 11.4 Å². The molecule has 0 heterocycles. The van der Waals surface area contributed by atoms with E-state index in [0.717, 1.165) is 22.9 Å². The molecular weight excluding hydrogens is 483 g/mol. The highest BCUT2D eigenvalue weighted by Gasteiger charge is 2.03. The number of thioether (sulfide) groups is 1. The van der Waals surface area contributed by atoms with Crippen LogP contribution in [-0.4, -0.2) is 31.2 Å². The third kappa shape index (κ3) is 7.84. The molecule has 1 amide bonds. The Labute approximate surface area is 180 Å². The summed E-state index contributed by atoms with van der Waals surface area (Å²) < 4.78 is 0. The van der Waals surface area contributed by atoms with Gasteiger partial charge in [-0.1, -0.05) is 23.7 Å². The molecule has 0 atom stereocenters. The maximum Gasteiger partial charge on any atom is 0.248 e. The molecule has 0 aliphatic heterocycles. The number of carbonyl (C=O) groups excluding carboxylic acids is 1. The van der Waals surface area contributed by atoms with Crippen molar-refractivity contribution in [2.75, 3.05) is 19.3 Å². The van der Waals surface area contributed by atoms with Crippen LogP contribution in [0.5, 0.6) is 0 Å². The zero-order valence-electron chi connectivity index (χ0n) is 14.4. The zero-order chi connectivity index (χ0) is 18.1. The SMILES string of the molecule is CN=C(NCCSc1ccc(Cl)cc1)NCc1cccc(C(N)=O)c1.I. The van der Waals surface area contributed by atoms with E-state index < -0.39 is 5.91 Å². The van der Waals surface area contributed by atoms with Gasteiger partial charge in [-0.25, -0.2) is 0 Å². The Kier molecular flexibility index (Phi) is 10.5. The van der Waals surface area contributed by atoms with Crippen LogP contribution in [-0.2, 0) is 6.54 Å². The van der Waals surface area contributed by atoms with Crippen molar-refractivity contribution < 1.29 is 4.79 Å². The number of nitrogens with two attached hydrogens (primary N) is 1. The van der Waals surface area contributed by atoms with Crippen molar-refractivity contribution in [1.82, 2.24) is 10.6 Å². The van der Waals surface area contributed by atoms with Gasteiger partial charge in [0.15, 0.2) is 5.96 Å². The Balaban J connectivity index is 0.00000338.